The Morgan fingerprint density at radius 2 is 1.58 bits per heavy atom. The molecule has 1 fully saturated rings. The molecule has 1 aliphatic rings. The number of rotatable bonds is 10. The molecule has 5 aromatic rings. The Morgan fingerprint density at radius 1 is 0.904 bits per heavy atom. The SMILES string of the molecule is COc1ccc(-c2cnc(N)c(-c3ccc(CC(=O)c4cn(CC5CCOCC5)cc(-c5ccc(C)cn5)c4=O)cn3)c2)cc1OC.CS(=O)(=O)O. The fourth-order valence-corrected chi connectivity index (χ4v) is 5.80. The number of pyridine rings is 4. The molecule has 1 saturated heterocycles. The van der Waals surface area contributed by atoms with Crippen LogP contribution in [-0.2, 0) is 27.8 Å². The van der Waals surface area contributed by atoms with E-state index in [4.69, 9.17) is 24.5 Å². The lowest BCUT2D eigenvalue weighted by Crippen LogP contribution is -2.25. The number of carbonyl (C=O) groups excluding carboxylic acids is 1. The van der Waals surface area contributed by atoms with E-state index in [-0.39, 0.29) is 23.2 Å². The molecule has 1 aliphatic heterocycles. The largest absolute Gasteiger partial charge is 0.493 e. The fourth-order valence-electron chi connectivity index (χ4n) is 5.80. The molecule has 5 heterocycles. The van der Waals surface area contributed by atoms with Gasteiger partial charge >= 0.3 is 0 Å². The smallest absolute Gasteiger partial charge is 0.261 e. The van der Waals surface area contributed by atoms with Crippen LogP contribution in [-0.4, -0.2) is 72.0 Å². The number of nitrogens with zero attached hydrogens (tertiary/aromatic N) is 4. The number of Topliss-reactive ketones (excluding diaryl/α,β-unsaturated/α-hetero) is 1. The average molecular weight is 728 g/mol. The maximum Gasteiger partial charge on any atom is 0.261 e. The molecule has 0 unspecified atom stereocenters. The Morgan fingerprint density at radius 3 is 2.21 bits per heavy atom. The van der Waals surface area contributed by atoms with Crippen molar-refractivity contribution in [2.45, 2.75) is 32.7 Å². The number of aromatic nitrogens is 4. The van der Waals surface area contributed by atoms with Crippen molar-refractivity contribution in [3.63, 3.8) is 0 Å². The van der Waals surface area contributed by atoms with Gasteiger partial charge in [0, 0.05) is 68.3 Å². The van der Waals surface area contributed by atoms with Crippen LogP contribution in [0.15, 0.2) is 84.3 Å². The number of nitrogen functional groups attached to an aromatic ring is 1. The van der Waals surface area contributed by atoms with Crippen molar-refractivity contribution >= 4 is 21.7 Å². The summed E-state index contributed by atoms with van der Waals surface area (Å²) >= 11 is 0. The number of ether oxygens (including phenoxy) is 3. The highest BCUT2D eigenvalue weighted by Crippen LogP contribution is 2.34. The first-order valence-electron chi connectivity index (χ1n) is 16.5. The fraction of sp³-hybridized carbons (Fsp3) is 0.289. The van der Waals surface area contributed by atoms with E-state index >= 15 is 0 Å². The Balaban J connectivity index is 0.000000979. The van der Waals surface area contributed by atoms with Crippen LogP contribution >= 0.6 is 0 Å². The number of hydrogen-bond donors (Lipinski definition) is 2. The van der Waals surface area contributed by atoms with E-state index in [0.29, 0.717) is 77.3 Å². The summed E-state index contributed by atoms with van der Waals surface area (Å²) in [6.45, 7) is 4.07. The molecule has 1 aromatic carbocycles. The summed E-state index contributed by atoms with van der Waals surface area (Å²) in [7, 11) is -0.487. The van der Waals surface area contributed by atoms with Crippen molar-refractivity contribution in [1.82, 2.24) is 19.5 Å². The summed E-state index contributed by atoms with van der Waals surface area (Å²) in [5.74, 6) is 1.68. The number of benzene rings is 1. The number of ketones is 1. The second-order valence-corrected chi connectivity index (χ2v) is 14.0. The number of carbonyl (C=O) groups is 1. The summed E-state index contributed by atoms with van der Waals surface area (Å²) < 4.78 is 44.2. The van der Waals surface area contributed by atoms with Gasteiger partial charge in [-0.1, -0.05) is 18.2 Å². The van der Waals surface area contributed by atoms with Gasteiger partial charge in [0.25, 0.3) is 10.1 Å². The van der Waals surface area contributed by atoms with Gasteiger partial charge in [-0.2, -0.15) is 8.42 Å². The van der Waals surface area contributed by atoms with Crippen LogP contribution in [0.2, 0.25) is 0 Å². The van der Waals surface area contributed by atoms with Gasteiger partial charge in [-0.05, 0) is 72.7 Å². The average Bonchev–Trinajstić information content (AvgIpc) is 3.12. The molecule has 0 amide bonds. The Bertz CT molecular complexity index is 2190. The maximum atomic E-state index is 13.7. The lowest BCUT2D eigenvalue weighted by atomic mass is 9.98. The summed E-state index contributed by atoms with van der Waals surface area (Å²) in [6, 6.07) is 14.9. The summed E-state index contributed by atoms with van der Waals surface area (Å²) in [6.07, 6.45) is 11.2. The van der Waals surface area contributed by atoms with Gasteiger partial charge in [-0.15, -0.1) is 0 Å². The molecule has 4 aromatic heterocycles. The third-order valence-electron chi connectivity index (χ3n) is 8.48. The minimum atomic E-state index is -3.67. The predicted molar refractivity (Wildman–Crippen MR) is 198 cm³/mol. The molecule has 0 radical (unpaired) electrons. The minimum absolute atomic E-state index is 0.0178. The van der Waals surface area contributed by atoms with E-state index in [2.05, 4.69) is 15.0 Å². The lowest BCUT2D eigenvalue weighted by molar-refractivity contribution is 0.0612. The van der Waals surface area contributed by atoms with E-state index in [0.717, 1.165) is 29.5 Å². The molecule has 0 aliphatic carbocycles. The van der Waals surface area contributed by atoms with Gasteiger partial charge in [-0.3, -0.25) is 24.1 Å². The first-order valence-corrected chi connectivity index (χ1v) is 18.3. The topological polar surface area (TPSA) is 186 Å². The molecule has 0 bridgehead atoms. The van der Waals surface area contributed by atoms with Crippen molar-refractivity contribution in [2.75, 3.05) is 39.4 Å². The third-order valence-corrected chi connectivity index (χ3v) is 8.48. The summed E-state index contributed by atoms with van der Waals surface area (Å²) in [5, 5.41) is 0. The number of methoxy groups -OCH3 is 2. The third kappa shape index (κ3) is 9.87. The molecular weight excluding hydrogens is 687 g/mol. The van der Waals surface area contributed by atoms with Gasteiger partial charge in [0.15, 0.2) is 17.3 Å². The molecule has 0 saturated carbocycles. The molecule has 14 heteroatoms. The highest BCUT2D eigenvalue weighted by atomic mass is 32.2. The Hall–Kier alpha value is -5.44. The second-order valence-electron chi connectivity index (χ2n) is 12.5. The normalized spacial score (nSPS) is 13.2. The van der Waals surface area contributed by atoms with E-state index in [1.165, 1.54) is 0 Å². The zero-order chi connectivity index (χ0) is 37.4. The molecule has 13 nitrogen and oxygen atoms in total. The lowest BCUT2D eigenvalue weighted by Gasteiger charge is -2.23. The first kappa shape index (κ1) is 37.8. The summed E-state index contributed by atoms with van der Waals surface area (Å²) in [4.78, 5) is 40.9. The highest BCUT2D eigenvalue weighted by molar-refractivity contribution is 7.85. The zero-order valence-electron chi connectivity index (χ0n) is 29.4. The van der Waals surface area contributed by atoms with E-state index in [1.807, 2.05) is 66.2 Å². The van der Waals surface area contributed by atoms with Crippen molar-refractivity contribution < 1.29 is 32.0 Å². The van der Waals surface area contributed by atoms with Crippen molar-refractivity contribution in [3.8, 4) is 45.1 Å². The molecule has 0 atom stereocenters. The molecule has 52 heavy (non-hydrogen) atoms. The highest BCUT2D eigenvalue weighted by Gasteiger charge is 2.20. The molecule has 0 spiro atoms. The number of aryl methyl sites for hydroxylation is 1. The van der Waals surface area contributed by atoms with Crippen LogP contribution in [0.3, 0.4) is 0 Å². The second kappa shape index (κ2) is 16.7. The number of anilines is 1. The molecule has 3 N–H and O–H groups in total. The number of nitrogens with two attached hydrogens (primary N) is 1. The standard InChI is InChI=1S/C37H37N5O5.CH4O3S/c1-23-4-7-32(39-17-23)29-21-42(20-24-10-12-47-13-11-24)22-30(36(29)44)33(43)14-25-5-8-31(40-18-25)28-15-27(19-41-37(28)38)26-6-9-34(45-2)35(16-26)46-3;1-5(2,3)4/h4-9,15-19,21-22,24H,10-14,20H2,1-3H3,(H2,38,41);1H3,(H,2,3,4). The quantitative estimate of drug-likeness (QED) is 0.140. The van der Waals surface area contributed by atoms with Crippen LogP contribution in [0.5, 0.6) is 11.5 Å². The maximum absolute atomic E-state index is 13.7. The van der Waals surface area contributed by atoms with Gasteiger partial charge in [0.2, 0.25) is 5.43 Å². The van der Waals surface area contributed by atoms with Crippen LogP contribution in [0.4, 0.5) is 5.82 Å². The van der Waals surface area contributed by atoms with Crippen molar-refractivity contribution in [1.29, 1.82) is 0 Å². The van der Waals surface area contributed by atoms with Crippen molar-refractivity contribution in [2.24, 2.45) is 5.92 Å². The first-order chi connectivity index (χ1) is 24.8. The molecular formula is C38H41N5O8S. The van der Waals surface area contributed by atoms with Gasteiger partial charge in [-0.25, -0.2) is 4.98 Å². The molecule has 272 valence electrons. The van der Waals surface area contributed by atoms with E-state index < -0.39 is 10.1 Å². The van der Waals surface area contributed by atoms with Gasteiger partial charge < -0.3 is 24.5 Å². The van der Waals surface area contributed by atoms with Crippen LogP contribution < -0.4 is 20.6 Å². The Kier molecular flexibility index (Phi) is 12.2. The Labute approximate surface area is 302 Å². The predicted octanol–water partition coefficient (Wildman–Crippen LogP) is 5.30. The van der Waals surface area contributed by atoms with E-state index in [1.54, 1.807) is 39.0 Å². The van der Waals surface area contributed by atoms with Gasteiger partial charge in [0.05, 0.1) is 43.0 Å². The van der Waals surface area contributed by atoms with Crippen LogP contribution in [0.25, 0.3) is 33.6 Å². The summed E-state index contributed by atoms with van der Waals surface area (Å²) in [5.41, 5.74) is 11.7. The number of hydrogen-bond acceptors (Lipinski definition) is 11. The van der Waals surface area contributed by atoms with Crippen LogP contribution in [0, 0.1) is 12.8 Å². The zero-order valence-corrected chi connectivity index (χ0v) is 30.2. The van der Waals surface area contributed by atoms with E-state index in [9.17, 15) is 18.0 Å². The monoisotopic (exact) mass is 727 g/mol. The van der Waals surface area contributed by atoms with Crippen LogP contribution in [0.1, 0.15) is 34.3 Å². The van der Waals surface area contributed by atoms with Gasteiger partial charge in [0.1, 0.15) is 5.82 Å². The van der Waals surface area contributed by atoms with Crippen molar-refractivity contribution in [3.05, 3.63) is 106 Å². The minimum Gasteiger partial charge on any atom is -0.493 e. The molecule has 6 rings (SSSR count).